The van der Waals surface area contributed by atoms with Gasteiger partial charge in [0.05, 0.1) is 0 Å². The van der Waals surface area contributed by atoms with Crippen molar-refractivity contribution in [1.29, 1.82) is 0 Å². The summed E-state index contributed by atoms with van der Waals surface area (Å²) in [5, 5.41) is 0. The molecule has 0 aliphatic carbocycles. The van der Waals surface area contributed by atoms with Gasteiger partial charge >= 0.3 is 0 Å². The van der Waals surface area contributed by atoms with Crippen LogP contribution in [0.15, 0.2) is 0 Å². The van der Waals surface area contributed by atoms with E-state index in [9.17, 15) is 9.00 Å². The molecule has 0 heterocycles. The number of Topliss-reactive ketones (excluding diaryl/α,β-unsaturated/α-hetero) is 1. The highest BCUT2D eigenvalue weighted by atomic mass is 32.2. The van der Waals surface area contributed by atoms with E-state index in [1.54, 1.807) is 0 Å². The third kappa shape index (κ3) is 4.81. The first kappa shape index (κ1) is 13.2. The highest BCUT2D eigenvalue weighted by Crippen LogP contribution is 2.17. The zero-order chi connectivity index (χ0) is 10.3. The Hall–Kier alpha value is 0.170. The lowest BCUT2D eigenvalue weighted by Crippen LogP contribution is -2.23. The lowest BCUT2D eigenvalue weighted by atomic mass is 10.2. The smallest absolute Gasteiger partial charge is 0.158 e. The Morgan fingerprint density at radius 3 is 2.38 bits per heavy atom. The van der Waals surface area contributed by atoms with Crippen LogP contribution < -0.4 is 0 Å². The van der Waals surface area contributed by atoms with Crippen molar-refractivity contribution in [2.45, 2.75) is 38.2 Å². The standard InChI is InChI=1S/C9H18O2S2/c1-4-7-8(10)9(12-5-2)13(11)6-3/h9H,4-7H2,1-3H3. The second-order valence-electron chi connectivity index (χ2n) is 2.67. The molecule has 0 amide bonds. The molecule has 78 valence electrons. The summed E-state index contributed by atoms with van der Waals surface area (Å²) in [6.45, 7) is 5.82. The van der Waals surface area contributed by atoms with E-state index in [-0.39, 0.29) is 10.4 Å². The van der Waals surface area contributed by atoms with Crippen molar-refractivity contribution in [3.05, 3.63) is 0 Å². The highest BCUT2D eigenvalue weighted by molar-refractivity contribution is 8.12. The minimum Gasteiger partial charge on any atom is -0.297 e. The van der Waals surface area contributed by atoms with Crippen LogP contribution in [-0.4, -0.2) is 26.1 Å². The van der Waals surface area contributed by atoms with E-state index in [0.29, 0.717) is 12.2 Å². The van der Waals surface area contributed by atoms with Crippen LogP contribution >= 0.6 is 11.8 Å². The molecule has 0 aromatic rings. The quantitative estimate of drug-likeness (QED) is 0.662. The predicted octanol–water partition coefficient (Wildman–Crippen LogP) is 2.20. The molecule has 0 saturated heterocycles. The summed E-state index contributed by atoms with van der Waals surface area (Å²) in [5.74, 6) is 1.58. The molecular formula is C9H18O2S2. The molecule has 0 bridgehead atoms. The average Bonchev–Trinajstić information content (AvgIpc) is 2.13. The number of hydrogen-bond donors (Lipinski definition) is 0. The zero-order valence-corrected chi connectivity index (χ0v) is 10.2. The molecule has 0 spiro atoms. The minimum absolute atomic E-state index is 0.148. The molecule has 2 atom stereocenters. The molecule has 0 aliphatic heterocycles. The molecule has 2 unspecified atom stereocenters. The fourth-order valence-corrected chi connectivity index (χ4v) is 3.73. The molecule has 0 aliphatic rings. The largest absolute Gasteiger partial charge is 0.297 e. The monoisotopic (exact) mass is 222 g/mol. The van der Waals surface area contributed by atoms with Crippen LogP contribution in [0.1, 0.15) is 33.6 Å². The molecule has 0 N–H and O–H groups in total. The van der Waals surface area contributed by atoms with Crippen LogP contribution in [0.25, 0.3) is 0 Å². The van der Waals surface area contributed by atoms with Crippen molar-refractivity contribution in [1.82, 2.24) is 0 Å². The Balaban J connectivity index is 4.22. The van der Waals surface area contributed by atoms with Gasteiger partial charge in [-0.1, -0.05) is 20.8 Å². The summed E-state index contributed by atoms with van der Waals surface area (Å²) < 4.78 is 11.2. The summed E-state index contributed by atoms with van der Waals surface area (Å²) in [7, 11) is -0.983. The Bertz CT molecular complexity index is 180. The third-order valence-electron chi connectivity index (χ3n) is 1.60. The van der Waals surface area contributed by atoms with Gasteiger partial charge in [0.25, 0.3) is 0 Å². The average molecular weight is 222 g/mol. The summed E-state index contributed by atoms with van der Waals surface area (Å²) in [6, 6.07) is 0. The van der Waals surface area contributed by atoms with Crippen LogP contribution in [0.3, 0.4) is 0 Å². The molecule has 13 heavy (non-hydrogen) atoms. The van der Waals surface area contributed by atoms with E-state index < -0.39 is 10.8 Å². The van der Waals surface area contributed by atoms with Gasteiger partial charge in [-0.15, -0.1) is 11.8 Å². The van der Waals surface area contributed by atoms with E-state index in [1.807, 2.05) is 20.8 Å². The van der Waals surface area contributed by atoms with Crippen molar-refractivity contribution >= 4 is 28.3 Å². The topological polar surface area (TPSA) is 34.1 Å². The molecule has 0 rings (SSSR count). The number of carbonyl (C=O) groups excluding carboxylic acids is 1. The van der Waals surface area contributed by atoms with E-state index in [0.717, 1.165) is 12.2 Å². The van der Waals surface area contributed by atoms with Crippen LogP contribution in [0, 0.1) is 0 Å². The van der Waals surface area contributed by atoms with Crippen LogP contribution in [0.2, 0.25) is 0 Å². The Labute approximate surface area is 87.3 Å². The number of thioether (sulfide) groups is 1. The molecule has 0 fully saturated rings. The fourth-order valence-electron chi connectivity index (χ4n) is 0.982. The number of rotatable bonds is 7. The second kappa shape index (κ2) is 7.56. The maximum Gasteiger partial charge on any atom is 0.158 e. The lowest BCUT2D eigenvalue weighted by molar-refractivity contribution is -0.117. The molecular weight excluding hydrogens is 204 g/mol. The van der Waals surface area contributed by atoms with Gasteiger partial charge in [-0.05, 0) is 12.2 Å². The summed E-state index contributed by atoms with van der Waals surface area (Å²) in [4.78, 5) is 11.5. The normalized spacial score (nSPS) is 15.3. The Kier molecular flexibility index (Phi) is 7.66. The van der Waals surface area contributed by atoms with Crippen molar-refractivity contribution in [2.24, 2.45) is 0 Å². The first-order valence-electron chi connectivity index (χ1n) is 4.68. The number of ketones is 1. The van der Waals surface area contributed by atoms with Gasteiger partial charge < -0.3 is 0 Å². The van der Waals surface area contributed by atoms with E-state index in [4.69, 9.17) is 0 Å². The van der Waals surface area contributed by atoms with Crippen molar-refractivity contribution < 1.29 is 9.00 Å². The highest BCUT2D eigenvalue weighted by Gasteiger charge is 2.22. The van der Waals surface area contributed by atoms with Crippen LogP contribution in [-0.2, 0) is 15.6 Å². The molecule has 0 aromatic heterocycles. The molecule has 4 heteroatoms. The lowest BCUT2D eigenvalue weighted by Gasteiger charge is -2.12. The first-order valence-corrected chi connectivity index (χ1v) is 7.11. The first-order chi connectivity index (χ1) is 6.17. The predicted molar refractivity (Wildman–Crippen MR) is 60.5 cm³/mol. The molecule has 0 aromatic carbocycles. The SMILES string of the molecule is CCCC(=O)C(SCC)S(=O)CC. The Morgan fingerprint density at radius 2 is 2.00 bits per heavy atom. The van der Waals surface area contributed by atoms with Gasteiger partial charge in [0.1, 0.15) is 4.58 Å². The summed E-state index contributed by atoms with van der Waals surface area (Å²) >= 11 is 1.51. The van der Waals surface area contributed by atoms with Gasteiger partial charge in [0.15, 0.2) is 5.78 Å². The van der Waals surface area contributed by atoms with E-state index in [1.165, 1.54) is 11.8 Å². The zero-order valence-electron chi connectivity index (χ0n) is 8.54. The maximum atomic E-state index is 11.5. The molecule has 0 radical (unpaired) electrons. The second-order valence-corrected chi connectivity index (χ2v) is 6.16. The van der Waals surface area contributed by atoms with E-state index in [2.05, 4.69) is 0 Å². The summed E-state index contributed by atoms with van der Waals surface area (Å²) in [5.41, 5.74) is 0. The van der Waals surface area contributed by atoms with Gasteiger partial charge in [-0.3, -0.25) is 9.00 Å². The van der Waals surface area contributed by atoms with Crippen LogP contribution in [0.4, 0.5) is 0 Å². The van der Waals surface area contributed by atoms with Gasteiger partial charge in [-0.2, -0.15) is 0 Å². The van der Waals surface area contributed by atoms with Crippen molar-refractivity contribution in [3.8, 4) is 0 Å². The number of carbonyl (C=O) groups is 1. The molecule has 2 nitrogen and oxygen atoms in total. The fraction of sp³-hybridized carbons (Fsp3) is 0.889. The van der Waals surface area contributed by atoms with Gasteiger partial charge in [-0.25, -0.2) is 0 Å². The maximum absolute atomic E-state index is 11.5. The van der Waals surface area contributed by atoms with E-state index >= 15 is 0 Å². The Morgan fingerprint density at radius 1 is 1.38 bits per heavy atom. The van der Waals surface area contributed by atoms with Crippen molar-refractivity contribution in [3.63, 3.8) is 0 Å². The summed E-state index contributed by atoms with van der Waals surface area (Å²) in [6.07, 6.45) is 1.41. The molecule has 0 saturated carbocycles. The van der Waals surface area contributed by atoms with Crippen LogP contribution in [0.5, 0.6) is 0 Å². The van der Waals surface area contributed by atoms with Gasteiger partial charge in [0.2, 0.25) is 0 Å². The third-order valence-corrected chi connectivity index (χ3v) is 4.86. The minimum atomic E-state index is -0.983. The number of hydrogen-bond acceptors (Lipinski definition) is 3. The van der Waals surface area contributed by atoms with Gasteiger partial charge in [0, 0.05) is 23.0 Å². The van der Waals surface area contributed by atoms with Crippen molar-refractivity contribution in [2.75, 3.05) is 11.5 Å².